The lowest BCUT2D eigenvalue weighted by Crippen LogP contribution is -2.37. The van der Waals surface area contributed by atoms with Gasteiger partial charge < -0.3 is 10.3 Å². The van der Waals surface area contributed by atoms with Gasteiger partial charge >= 0.3 is 0 Å². The standard InChI is InChI=1S/C29H21F8N7O/c30-17-5-14(6-18(31)9-17)7-20(23-19(11-38-13-41-23)16-8-15-1-4-39-27(15)40-10-16)42-21(45)12-44-25-22(24(43-44)26(32)33)28(34,35)2-3-29(25,36)37/h1,4-6,8-11,13,20,26H,2-3,7,12H2,(H,39,40)(H,42,45). The number of carbonyl (C=O) groups excluding carboxylic acids is 1. The number of rotatable bonds is 8. The first-order valence-corrected chi connectivity index (χ1v) is 13.5. The molecular formula is C29H21F8N7O. The van der Waals surface area contributed by atoms with Crippen LogP contribution in [0.4, 0.5) is 35.1 Å². The number of pyridine rings is 1. The van der Waals surface area contributed by atoms with E-state index < -0.39 is 78.2 Å². The molecule has 234 valence electrons. The van der Waals surface area contributed by atoms with E-state index in [-0.39, 0.29) is 22.4 Å². The number of fused-ring (bicyclic) bond motifs is 2. The number of amides is 1. The fourth-order valence-electron chi connectivity index (χ4n) is 5.52. The van der Waals surface area contributed by atoms with E-state index in [0.717, 1.165) is 18.5 Å². The molecule has 2 N–H and O–H groups in total. The van der Waals surface area contributed by atoms with Crippen molar-refractivity contribution in [2.24, 2.45) is 0 Å². The average molecular weight is 636 g/mol. The van der Waals surface area contributed by atoms with Crippen LogP contribution in [-0.4, -0.2) is 35.6 Å². The van der Waals surface area contributed by atoms with Crippen LogP contribution in [0.25, 0.3) is 22.2 Å². The van der Waals surface area contributed by atoms with Gasteiger partial charge in [-0.2, -0.15) is 13.9 Å². The van der Waals surface area contributed by atoms with E-state index in [0.29, 0.717) is 28.2 Å². The lowest BCUT2D eigenvalue weighted by molar-refractivity contribution is -0.123. The Morgan fingerprint density at radius 2 is 1.71 bits per heavy atom. The first-order valence-electron chi connectivity index (χ1n) is 13.5. The number of H-pyrrole nitrogens is 1. The highest BCUT2D eigenvalue weighted by atomic mass is 19.3. The fraction of sp³-hybridized carbons (Fsp3) is 0.276. The molecule has 0 spiro atoms. The van der Waals surface area contributed by atoms with E-state index in [1.54, 1.807) is 18.3 Å². The van der Waals surface area contributed by atoms with Gasteiger partial charge in [-0.1, -0.05) is 0 Å². The molecule has 0 bridgehead atoms. The third-order valence-electron chi connectivity index (χ3n) is 7.43. The van der Waals surface area contributed by atoms with Gasteiger partial charge in [0.05, 0.1) is 17.3 Å². The van der Waals surface area contributed by atoms with Gasteiger partial charge in [-0.05, 0) is 36.2 Å². The number of carbonyl (C=O) groups is 1. The maximum Gasteiger partial charge on any atom is 0.290 e. The van der Waals surface area contributed by atoms with E-state index in [4.69, 9.17) is 0 Å². The van der Waals surface area contributed by atoms with Gasteiger partial charge in [-0.25, -0.2) is 41.3 Å². The van der Waals surface area contributed by atoms with Crippen LogP contribution in [0, 0.1) is 11.6 Å². The summed E-state index contributed by atoms with van der Waals surface area (Å²) in [6.07, 6.45) is -0.911. The number of aromatic amines is 1. The fourth-order valence-corrected chi connectivity index (χ4v) is 5.52. The van der Waals surface area contributed by atoms with Gasteiger partial charge in [-0.15, -0.1) is 0 Å². The summed E-state index contributed by atoms with van der Waals surface area (Å²) in [6.45, 7) is -1.15. The zero-order chi connectivity index (χ0) is 32.1. The molecule has 5 aromatic rings. The summed E-state index contributed by atoms with van der Waals surface area (Å²) in [4.78, 5) is 28.9. The maximum absolute atomic E-state index is 14.9. The zero-order valence-corrected chi connectivity index (χ0v) is 22.8. The number of aromatic nitrogens is 6. The molecule has 1 atom stereocenters. The van der Waals surface area contributed by atoms with Crippen molar-refractivity contribution >= 4 is 16.9 Å². The highest BCUT2D eigenvalue weighted by Crippen LogP contribution is 2.52. The predicted molar refractivity (Wildman–Crippen MR) is 142 cm³/mol. The lowest BCUT2D eigenvalue weighted by Gasteiger charge is -2.29. The number of nitrogens with zero attached hydrogens (tertiary/aromatic N) is 5. The van der Waals surface area contributed by atoms with Crippen molar-refractivity contribution < 1.29 is 39.9 Å². The number of hydrogen-bond donors (Lipinski definition) is 2. The van der Waals surface area contributed by atoms with Crippen LogP contribution in [0.3, 0.4) is 0 Å². The van der Waals surface area contributed by atoms with Crippen LogP contribution in [-0.2, 0) is 29.6 Å². The van der Waals surface area contributed by atoms with Crippen LogP contribution in [0.2, 0.25) is 0 Å². The van der Waals surface area contributed by atoms with Gasteiger partial charge in [0.25, 0.3) is 18.3 Å². The molecule has 8 nitrogen and oxygen atoms in total. The van der Waals surface area contributed by atoms with E-state index in [1.165, 1.54) is 12.4 Å². The SMILES string of the molecule is O=C(Cn1nc(C(F)F)c2c1C(F)(F)CCC2(F)F)NC(Cc1cc(F)cc(F)c1)c1ncncc1-c1cnc2[nH]ccc2c1. The molecule has 0 fully saturated rings. The number of alkyl halides is 6. The molecule has 16 heteroatoms. The summed E-state index contributed by atoms with van der Waals surface area (Å²) in [7, 11) is 0. The lowest BCUT2D eigenvalue weighted by atomic mass is 9.89. The highest BCUT2D eigenvalue weighted by Gasteiger charge is 2.55. The second-order valence-corrected chi connectivity index (χ2v) is 10.5. The molecule has 4 heterocycles. The Morgan fingerprint density at radius 3 is 2.44 bits per heavy atom. The van der Waals surface area contributed by atoms with Crippen LogP contribution in [0.5, 0.6) is 0 Å². The molecule has 1 aromatic carbocycles. The Morgan fingerprint density at radius 1 is 0.978 bits per heavy atom. The van der Waals surface area contributed by atoms with Crippen LogP contribution < -0.4 is 5.32 Å². The second-order valence-electron chi connectivity index (χ2n) is 10.5. The molecule has 45 heavy (non-hydrogen) atoms. The maximum atomic E-state index is 14.9. The summed E-state index contributed by atoms with van der Waals surface area (Å²) >= 11 is 0. The quantitative estimate of drug-likeness (QED) is 0.190. The van der Waals surface area contributed by atoms with Crippen LogP contribution in [0.1, 0.15) is 53.5 Å². The largest absolute Gasteiger partial charge is 0.346 e. The Balaban J connectivity index is 1.39. The molecule has 6 rings (SSSR count). The molecule has 0 aliphatic heterocycles. The summed E-state index contributed by atoms with van der Waals surface area (Å²) in [5.41, 5.74) is -2.99. The Bertz CT molecular complexity index is 1880. The van der Waals surface area contributed by atoms with E-state index >= 15 is 0 Å². The van der Waals surface area contributed by atoms with E-state index in [1.807, 2.05) is 0 Å². The van der Waals surface area contributed by atoms with Crippen molar-refractivity contribution in [3.8, 4) is 11.1 Å². The predicted octanol–water partition coefficient (Wildman–Crippen LogP) is 6.51. The first kappa shape index (κ1) is 30.1. The molecule has 1 unspecified atom stereocenters. The molecule has 1 aliphatic rings. The van der Waals surface area contributed by atoms with E-state index in [2.05, 4.69) is 30.4 Å². The molecular weight excluding hydrogens is 614 g/mol. The monoisotopic (exact) mass is 635 g/mol. The van der Waals surface area contributed by atoms with Crippen molar-refractivity contribution in [1.29, 1.82) is 0 Å². The minimum atomic E-state index is -4.02. The molecule has 4 aromatic heterocycles. The third kappa shape index (κ3) is 5.83. The second kappa shape index (κ2) is 11.2. The Hall–Kier alpha value is -4.89. The third-order valence-corrected chi connectivity index (χ3v) is 7.43. The number of benzene rings is 1. The van der Waals surface area contributed by atoms with E-state index in [9.17, 15) is 39.9 Å². The van der Waals surface area contributed by atoms with Gasteiger partial charge in [0.15, 0.2) is 0 Å². The van der Waals surface area contributed by atoms with Crippen LogP contribution in [0.15, 0.2) is 55.2 Å². The Kier molecular flexibility index (Phi) is 7.53. The normalized spacial score (nSPS) is 16.1. The summed E-state index contributed by atoms with van der Waals surface area (Å²) in [5, 5.41) is 6.55. The molecule has 0 saturated carbocycles. The zero-order valence-electron chi connectivity index (χ0n) is 22.8. The molecule has 1 amide bonds. The summed E-state index contributed by atoms with van der Waals surface area (Å²) in [5.74, 6) is -10.9. The molecule has 1 aliphatic carbocycles. The van der Waals surface area contributed by atoms with Gasteiger partial charge in [0.2, 0.25) is 5.91 Å². The number of nitrogens with one attached hydrogen (secondary N) is 2. The van der Waals surface area contributed by atoms with Crippen molar-refractivity contribution in [2.75, 3.05) is 0 Å². The van der Waals surface area contributed by atoms with Crippen molar-refractivity contribution in [1.82, 2.24) is 35.0 Å². The van der Waals surface area contributed by atoms with Crippen molar-refractivity contribution in [3.05, 3.63) is 95.1 Å². The van der Waals surface area contributed by atoms with Crippen LogP contribution >= 0.6 is 0 Å². The van der Waals surface area contributed by atoms with Crippen molar-refractivity contribution in [2.45, 2.75) is 50.1 Å². The minimum Gasteiger partial charge on any atom is -0.346 e. The smallest absolute Gasteiger partial charge is 0.290 e. The number of hydrogen-bond acceptors (Lipinski definition) is 5. The van der Waals surface area contributed by atoms with Crippen molar-refractivity contribution in [3.63, 3.8) is 0 Å². The van der Waals surface area contributed by atoms with Gasteiger partial charge in [-0.3, -0.25) is 9.48 Å². The Labute approximate surface area is 248 Å². The minimum absolute atomic E-state index is 0.0733. The van der Waals surface area contributed by atoms with Gasteiger partial charge in [0.1, 0.15) is 41.5 Å². The first-order chi connectivity index (χ1) is 21.3. The highest BCUT2D eigenvalue weighted by molar-refractivity contribution is 5.82. The summed E-state index contributed by atoms with van der Waals surface area (Å²) < 4.78 is 115. The number of halogens is 8. The molecule has 0 saturated heterocycles. The topological polar surface area (TPSA) is 101 Å². The molecule has 0 radical (unpaired) electrons. The average Bonchev–Trinajstić information content (AvgIpc) is 3.60. The van der Waals surface area contributed by atoms with Gasteiger partial charge in [0, 0.05) is 54.0 Å². The summed E-state index contributed by atoms with van der Waals surface area (Å²) in [6, 6.07) is 4.95.